The van der Waals surface area contributed by atoms with E-state index in [9.17, 15) is 13.2 Å². The van der Waals surface area contributed by atoms with Gasteiger partial charge in [0.15, 0.2) is 5.65 Å². The molecule has 2 bridgehead atoms. The SMILES string of the molecule is COc1nc(C)c2nc(CCC(F)(F)F)n(Cc3ccc(CN4C[C@H]5C[C@@H]4CN5)cc3F)c2n1. The highest BCUT2D eigenvalue weighted by molar-refractivity contribution is 5.74. The zero-order valence-corrected chi connectivity index (χ0v) is 19.0. The Hall–Kier alpha value is -2.79. The first-order chi connectivity index (χ1) is 16.2. The molecule has 7 nitrogen and oxygen atoms in total. The summed E-state index contributed by atoms with van der Waals surface area (Å²) in [6, 6.07) is 6.18. The van der Waals surface area contributed by atoms with Gasteiger partial charge in [0.2, 0.25) is 0 Å². The third-order valence-electron chi connectivity index (χ3n) is 6.64. The van der Waals surface area contributed by atoms with Crippen LogP contribution in [0.5, 0.6) is 6.01 Å². The Kier molecular flexibility index (Phi) is 5.93. The quantitative estimate of drug-likeness (QED) is 0.526. The number of nitrogens with zero attached hydrogens (tertiary/aromatic N) is 5. The molecule has 0 spiro atoms. The Morgan fingerprint density at radius 1 is 1.18 bits per heavy atom. The number of benzene rings is 1. The number of imidazole rings is 1. The van der Waals surface area contributed by atoms with E-state index in [1.807, 2.05) is 6.07 Å². The third kappa shape index (κ3) is 4.58. The monoisotopic (exact) mass is 478 g/mol. The van der Waals surface area contributed by atoms with Crippen molar-refractivity contribution in [2.45, 2.75) is 57.5 Å². The fourth-order valence-electron chi connectivity index (χ4n) is 4.92. The predicted molar refractivity (Wildman–Crippen MR) is 117 cm³/mol. The van der Waals surface area contributed by atoms with Crippen LogP contribution in [0.25, 0.3) is 11.2 Å². The van der Waals surface area contributed by atoms with Gasteiger partial charge in [-0.1, -0.05) is 12.1 Å². The van der Waals surface area contributed by atoms with Crippen LogP contribution in [-0.4, -0.2) is 62.9 Å². The third-order valence-corrected chi connectivity index (χ3v) is 6.64. The molecule has 2 aromatic heterocycles. The van der Waals surface area contributed by atoms with Crippen LogP contribution in [0.15, 0.2) is 18.2 Å². The zero-order valence-electron chi connectivity index (χ0n) is 19.0. The minimum Gasteiger partial charge on any atom is -0.467 e. The number of aryl methyl sites for hydroxylation is 2. The molecule has 0 unspecified atom stereocenters. The van der Waals surface area contributed by atoms with Gasteiger partial charge in [-0.25, -0.2) is 9.37 Å². The van der Waals surface area contributed by atoms with E-state index in [2.05, 4.69) is 25.2 Å². The van der Waals surface area contributed by atoms with Gasteiger partial charge >= 0.3 is 12.2 Å². The first-order valence-corrected chi connectivity index (χ1v) is 11.3. The minimum atomic E-state index is -4.33. The molecule has 5 rings (SSSR count). The number of aromatic nitrogens is 4. The van der Waals surface area contributed by atoms with Crippen molar-refractivity contribution in [2.24, 2.45) is 0 Å². The van der Waals surface area contributed by atoms with Crippen molar-refractivity contribution >= 4 is 11.2 Å². The lowest BCUT2D eigenvalue weighted by molar-refractivity contribution is -0.134. The molecule has 1 N–H and O–H groups in total. The van der Waals surface area contributed by atoms with Gasteiger partial charge in [0, 0.05) is 43.7 Å². The number of halogens is 4. The maximum Gasteiger partial charge on any atom is 0.389 e. The van der Waals surface area contributed by atoms with Gasteiger partial charge < -0.3 is 14.6 Å². The highest BCUT2D eigenvalue weighted by Crippen LogP contribution is 2.28. The first-order valence-electron chi connectivity index (χ1n) is 11.3. The molecule has 34 heavy (non-hydrogen) atoms. The predicted octanol–water partition coefficient (Wildman–Crippen LogP) is 3.37. The number of piperazine rings is 1. The summed E-state index contributed by atoms with van der Waals surface area (Å²) in [5.41, 5.74) is 2.43. The van der Waals surface area contributed by atoms with Crippen molar-refractivity contribution in [3.05, 3.63) is 46.7 Å². The van der Waals surface area contributed by atoms with Gasteiger partial charge in [-0.2, -0.15) is 23.1 Å². The molecule has 2 aliphatic heterocycles. The van der Waals surface area contributed by atoms with Gasteiger partial charge in [0.05, 0.1) is 25.8 Å². The highest BCUT2D eigenvalue weighted by atomic mass is 19.4. The summed E-state index contributed by atoms with van der Waals surface area (Å²) < 4.78 is 60.6. The van der Waals surface area contributed by atoms with Crippen LogP contribution in [0.3, 0.4) is 0 Å². The van der Waals surface area contributed by atoms with Crippen LogP contribution in [-0.2, 0) is 19.5 Å². The molecule has 4 heterocycles. The average molecular weight is 478 g/mol. The van der Waals surface area contributed by atoms with Crippen LogP contribution < -0.4 is 10.1 Å². The molecule has 2 fully saturated rings. The van der Waals surface area contributed by atoms with E-state index >= 15 is 4.39 Å². The number of alkyl halides is 3. The van der Waals surface area contributed by atoms with Gasteiger partial charge in [0.25, 0.3) is 0 Å². The summed E-state index contributed by atoms with van der Waals surface area (Å²) in [7, 11) is 1.41. The van der Waals surface area contributed by atoms with E-state index in [1.165, 1.54) is 17.7 Å². The van der Waals surface area contributed by atoms with Crippen LogP contribution in [0.1, 0.15) is 35.5 Å². The molecule has 2 aliphatic rings. The van der Waals surface area contributed by atoms with Crippen molar-refractivity contribution in [3.63, 3.8) is 0 Å². The molecular weight excluding hydrogens is 452 g/mol. The normalized spacial score (nSPS) is 20.5. The molecule has 2 atom stereocenters. The summed E-state index contributed by atoms with van der Waals surface area (Å²) in [4.78, 5) is 15.2. The lowest BCUT2D eigenvalue weighted by atomic mass is 10.1. The standard InChI is InChI=1S/C23H26F4N6O/c1-13-20-21(31-22(29-13)34-2)33(19(30-20)5-6-23(25,26)27)11-15-4-3-14(7-18(15)24)10-32-12-16-8-17(32)9-28-16/h3-4,7,16-17,28H,5-6,8-12H2,1-2H3/t16-,17-/m1/s1. The Morgan fingerprint density at radius 2 is 2.00 bits per heavy atom. The summed E-state index contributed by atoms with van der Waals surface area (Å²) in [5.74, 6) is -0.219. The van der Waals surface area contributed by atoms with E-state index in [1.54, 1.807) is 13.0 Å². The van der Waals surface area contributed by atoms with Crippen LogP contribution in [0.2, 0.25) is 0 Å². The van der Waals surface area contributed by atoms with Gasteiger partial charge in [-0.3, -0.25) is 4.90 Å². The van der Waals surface area contributed by atoms with Gasteiger partial charge in [-0.15, -0.1) is 0 Å². The number of ether oxygens (including phenoxy) is 1. The smallest absolute Gasteiger partial charge is 0.389 e. The van der Waals surface area contributed by atoms with Gasteiger partial charge in [0.1, 0.15) is 17.2 Å². The van der Waals surface area contributed by atoms with E-state index in [0.29, 0.717) is 41.0 Å². The second-order valence-corrected chi connectivity index (χ2v) is 9.05. The lowest BCUT2D eigenvalue weighted by Gasteiger charge is -2.27. The number of fused-ring (bicyclic) bond motifs is 3. The Balaban J connectivity index is 1.44. The highest BCUT2D eigenvalue weighted by Gasteiger charge is 2.37. The summed E-state index contributed by atoms with van der Waals surface area (Å²) in [5, 5.41) is 3.45. The van der Waals surface area contributed by atoms with Crippen molar-refractivity contribution in [1.29, 1.82) is 0 Å². The summed E-state index contributed by atoms with van der Waals surface area (Å²) in [6.45, 7) is 4.29. The van der Waals surface area contributed by atoms with Crippen LogP contribution in [0, 0.1) is 12.7 Å². The van der Waals surface area contributed by atoms with Crippen molar-refractivity contribution in [1.82, 2.24) is 29.7 Å². The molecule has 11 heteroatoms. The topological polar surface area (TPSA) is 68.1 Å². The molecule has 2 saturated heterocycles. The molecule has 0 amide bonds. The maximum atomic E-state index is 15.1. The molecule has 1 aromatic carbocycles. The van der Waals surface area contributed by atoms with E-state index in [4.69, 9.17) is 4.74 Å². The molecule has 0 saturated carbocycles. The maximum absolute atomic E-state index is 15.1. The van der Waals surface area contributed by atoms with E-state index in [-0.39, 0.29) is 24.8 Å². The summed E-state index contributed by atoms with van der Waals surface area (Å²) >= 11 is 0. The van der Waals surface area contributed by atoms with Crippen molar-refractivity contribution in [3.8, 4) is 6.01 Å². The largest absolute Gasteiger partial charge is 0.467 e. The Bertz CT molecular complexity index is 1210. The number of hydrogen-bond acceptors (Lipinski definition) is 6. The first kappa shape index (κ1) is 23.0. The Morgan fingerprint density at radius 3 is 2.65 bits per heavy atom. The minimum absolute atomic E-state index is 0.00768. The van der Waals surface area contributed by atoms with Crippen LogP contribution >= 0.6 is 0 Å². The number of hydrogen-bond donors (Lipinski definition) is 1. The van der Waals surface area contributed by atoms with Gasteiger partial charge in [-0.05, 0) is 25.0 Å². The number of rotatable bonds is 7. The molecule has 0 radical (unpaired) electrons. The zero-order chi connectivity index (χ0) is 24.0. The van der Waals surface area contributed by atoms with E-state index in [0.717, 1.165) is 25.1 Å². The fraction of sp³-hybridized carbons (Fsp3) is 0.522. The second kappa shape index (κ2) is 8.77. The van der Waals surface area contributed by atoms with Crippen LogP contribution in [0.4, 0.5) is 17.6 Å². The summed E-state index contributed by atoms with van der Waals surface area (Å²) in [6.07, 6.45) is -4.58. The second-order valence-electron chi connectivity index (χ2n) is 9.05. The van der Waals surface area contributed by atoms with Crippen molar-refractivity contribution < 1.29 is 22.3 Å². The molecule has 182 valence electrons. The fourth-order valence-corrected chi connectivity index (χ4v) is 4.92. The molecular formula is C23H26F4N6O. The average Bonchev–Trinajstić information content (AvgIpc) is 3.48. The van der Waals surface area contributed by atoms with E-state index < -0.39 is 18.4 Å². The molecule has 3 aromatic rings. The number of nitrogens with one attached hydrogen (secondary N) is 1. The lowest BCUT2D eigenvalue weighted by Crippen LogP contribution is -2.42. The Labute approximate surface area is 194 Å². The van der Waals surface area contributed by atoms with Crippen molar-refractivity contribution in [2.75, 3.05) is 20.2 Å². The number of likely N-dealkylation sites (tertiary alicyclic amines) is 1. The number of methoxy groups -OCH3 is 1. The molecule has 0 aliphatic carbocycles.